The molecule has 0 heterocycles. The van der Waals surface area contributed by atoms with Gasteiger partial charge in [-0.2, -0.15) is 0 Å². The van der Waals surface area contributed by atoms with E-state index < -0.39 is 0 Å². The van der Waals surface area contributed by atoms with Crippen molar-refractivity contribution in [3.8, 4) is 11.8 Å². The predicted molar refractivity (Wildman–Crippen MR) is 120 cm³/mol. The molecular formula is C27H33F. The van der Waals surface area contributed by atoms with E-state index in [1.165, 1.54) is 37.7 Å². The van der Waals surface area contributed by atoms with Gasteiger partial charge in [-0.05, 0) is 61.6 Å². The summed E-state index contributed by atoms with van der Waals surface area (Å²) in [6.07, 6.45) is 12.3. The fraction of sp³-hybridized carbons (Fsp3) is 0.407. The normalized spacial score (nSPS) is 11.2. The highest BCUT2D eigenvalue weighted by molar-refractivity contribution is 5.60. The van der Waals surface area contributed by atoms with Gasteiger partial charge in [0.05, 0.1) is 0 Å². The fourth-order valence-electron chi connectivity index (χ4n) is 3.10. The van der Waals surface area contributed by atoms with Crippen LogP contribution in [-0.2, 0) is 6.42 Å². The van der Waals surface area contributed by atoms with Gasteiger partial charge >= 0.3 is 0 Å². The molecule has 0 radical (unpaired) electrons. The van der Waals surface area contributed by atoms with E-state index >= 15 is 0 Å². The van der Waals surface area contributed by atoms with Crippen LogP contribution < -0.4 is 0 Å². The minimum Gasteiger partial charge on any atom is -0.207 e. The van der Waals surface area contributed by atoms with E-state index in [0.717, 1.165) is 36.8 Å². The summed E-state index contributed by atoms with van der Waals surface area (Å²) in [6.45, 7) is 4.36. The first-order chi connectivity index (χ1) is 13.7. The van der Waals surface area contributed by atoms with Gasteiger partial charge in [-0.25, -0.2) is 4.39 Å². The molecule has 0 aliphatic carbocycles. The molecule has 0 aliphatic rings. The smallest absolute Gasteiger partial charge is 0.126 e. The number of allylic oxidation sites excluding steroid dienone is 1. The third-order valence-corrected chi connectivity index (χ3v) is 4.92. The summed E-state index contributed by atoms with van der Waals surface area (Å²) >= 11 is 0. The summed E-state index contributed by atoms with van der Waals surface area (Å²) in [6, 6.07) is 16.0. The summed E-state index contributed by atoms with van der Waals surface area (Å²) < 4.78 is 14.1. The van der Waals surface area contributed by atoms with Gasteiger partial charge in [0.15, 0.2) is 0 Å². The molecule has 0 aromatic heterocycles. The number of rotatable bonds is 10. The molecule has 1 heteroatoms. The number of aryl methyl sites for hydroxylation is 1. The zero-order chi connectivity index (χ0) is 20.0. The molecule has 0 fully saturated rings. The average Bonchev–Trinajstić information content (AvgIpc) is 2.73. The molecule has 0 aliphatic heterocycles. The van der Waals surface area contributed by atoms with Crippen LogP contribution in [0.2, 0.25) is 0 Å². The Kier molecular flexibility index (Phi) is 10.2. The molecule has 28 heavy (non-hydrogen) atoms. The van der Waals surface area contributed by atoms with Crippen molar-refractivity contribution in [3.05, 3.63) is 76.9 Å². The van der Waals surface area contributed by atoms with Gasteiger partial charge in [-0.15, -0.1) is 0 Å². The van der Waals surface area contributed by atoms with Gasteiger partial charge in [0.1, 0.15) is 5.83 Å². The maximum Gasteiger partial charge on any atom is 0.126 e. The number of hydrogen-bond acceptors (Lipinski definition) is 0. The Morgan fingerprint density at radius 2 is 1.32 bits per heavy atom. The van der Waals surface area contributed by atoms with Crippen LogP contribution in [0.4, 0.5) is 4.39 Å². The lowest BCUT2D eigenvalue weighted by Crippen LogP contribution is -1.86. The minimum absolute atomic E-state index is 0.141. The van der Waals surface area contributed by atoms with Crippen LogP contribution in [0.1, 0.15) is 87.5 Å². The van der Waals surface area contributed by atoms with E-state index in [1.54, 1.807) is 6.08 Å². The van der Waals surface area contributed by atoms with Crippen LogP contribution >= 0.6 is 0 Å². The molecule has 0 nitrogen and oxygen atoms in total. The second-order valence-corrected chi connectivity index (χ2v) is 7.38. The maximum absolute atomic E-state index is 14.1. The van der Waals surface area contributed by atoms with E-state index in [2.05, 4.69) is 50.0 Å². The van der Waals surface area contributed by atoms with Gasteiger partial charge in [0, 0.05) is 16.7 Å². The molecule has 0 spiro atoms. The van der Waals surface area contributed by atoms with Crippen molar-refractivity contribution in [3.63, 3.8) is 0 Å². The molecule has 0 atom stereocenters. The third-order valence-electron chi connectivity index (χ3n) is 4.92. The summed E-state index contributed by atoms with van der Waals surface area (Å²) in [7, 11) is 0. The number of unbranched alkanes of at least 4 members (excludes halogenated alkanes) is 6. The quantitative estimate of drug-likeness (QED) is 0.290. The van der Waals surface area contributed by atoms with Crippen LogP contribution in [0.5, 0.6) is 0 Å². The van der Waals surface area contributed by atoms with Crippen molar-refractivity contribution in [2.45, 2.75) is 71.6 Å². The van der Waals surface area contributed by atoms with Crippen LogP contribution in [0.25, 0.3) is 5.83 Å². The van der Waals surface area contributed by atoms with Crippen molar-refractivity contribution >= 4 is 5.83 Å². The molecule has 2 aromatic carbocycles. The van der Waals surface area contributed by atoms with Gasteiger partial charge in [0.2, 0.25) is 0 Å². The Hall–Kier alpha value is -2.33. The molecule has 0 saturated carbocycles. The predicted octanol–water partition coefficient (Wildman–Crippen LogP) is 8.10. The topological polar surface area (TPSA) is 0 Å². The largest absolute Gasteiger partial charge is 0.207 e. The molecular weight excluding hydrogens is 343 g/mol. The molecule has 0 saturated heterocycles. The lowest BCUT2D eigenvalue weighted by molar-refractivity contribution is 0.632. The first-order valence-electron chi connectivity index (χ1n) is 10.8. The van der Waals surface area contributed by atoms with Crippen LogP contribution in [0, 0.1) is 11.8 Å². The SMILES string of the molecule is CCCCC=C(F)c1ccc(C#Cc2ccc(CCCCCCC)cc2)cc1. The highest BCUT2D eigenvalue weighted by atomic mass is 19.1. The van der Waals surface area contributed by atoms with Crippen molar-refractivity contribution in [2.24, 2.45) is 0 Å². The zero-order valence-corrected chi connectivity index (χ0v) is 17.4. The molecule has 0 N–H and O–H groups in total. The lowest BCUT2D eigenvalue weighted by atomic mass is 10.0. The van der Waals surface area contributed by atoms with Crippen molar-refractivity contribution in [2.75, 3.05) is 0 Å². The maximum atomic E-state index is 14.1. The first kappa shape index (κ1) is 22.0. The minimum atomic E-state index is -0.141. The monoisotopic (exact) mass is 376 g/mol. The molecule has 0 bridgehead atoms. The summed E-state index contributed by atoms with van der Waals surface area (Å²) in [5.74, 6) is 6.24. The summed E-state index contributed by atoms with van der Waals surface area (Å²) in [4.78, 5) is 0. The molecule has 0 amide bonds. The Balaban J connectivity index is 1.88. The van der Waals surface area contributed by atoms with Crippen molar-refractivity contribution < 1.29 is 4.39 Å². The van der Waals surface area contributed by atoms with Gasteiger partial charge < -0.3 is 0 Å². The third kappa shape index (κ3) is 8.13. The van der Waals surface area contributed by atoms with E-state index in [-0.39, 0.29) is 5.83 Å². The highest BCUT2D eigenvalue weighted by Gasteiger charge is 1.99. The Labute approximate surface area is 170 Å². The molecule has 2 aromatic rings. The molecule has 2 rings (SSSR count). The standard InChI is InChI=1S/C27H33F/c1-3-5-7-8-10-11-23-13-15-24(16-14-23)17-18-25-19-21-26(22-20-25)27(28)12-9-6-4-2/h12-16,19-22H,3-11H2,1-2H3. The van der Waals surface area contributed by atoms with E-state index in [9.17, 15) is 4.39 Å². The van der Waals surface area contributed by atoms with E-state index in [1.807, 2.05) is 24.3 Å². The summed E-state index contributed by atoms with van der Waals surface area (Å²) in [5, 5.41) is 0. The van der Waals surface area contributed by atoms with E-state index in [0.29, 0.717) is 5.56 Å². The van der Waals surface area contributed by atoms with Gasteiger partial charge in [-0.1, -0.05) is 82.1 Å². The molecule has 0 unspecified atom stereocenters. The highest BCUT2D eigenvalue weighted by Crippen LogP contribution is 2.18. The van der Waals surface area contributed by atoms with E-state index in [4.69, 9.17) is 0 Å². The number of hydrogen-bond donors (Lipinski definition) is 0. The number of halogens is 1. The van der Waals surface area contributed by atoms with Crippen molar-refractivity contribution in [1.29, 1.82) is 0 Å². The zero-order valence-electron chi connectivity index (χ0n) is 17.4. The van der Waals surface area contributed by atoms with Crippen molar-refractivity contribution in [1.82, 2.24) is 0 Å². The first-order valence-corrected chi connectivity index (χ1v) is 10.8. The van der Waals surface area contributed by atoms with Crippen LogP contribution in [-0.4, -0.2) is 0 Å². The fourth-order valence-corrected chi connectivity index (χ4v) is 3.10. The second kappa shape index (κ2) is 12.9. The molecule has 148 valence electrons. The Morgan fingerprint density at radius 3 is 1.93 bits per heavy atom. The van der Waals surface area contributed by atoms with Gasteiger partial charge in [0.25, 0.3) is 0 Å². The second-order valence-electron chi connectivity index (χ2n) is 7.38. The van der Waals surface area contributed by atoms with Crippen LogP contribution in [0.15, 0.2) is 54.6 Å². The Bertz CT molecular complexity index is 770. The Morgan fingerprint density at radius 1 is 0.750 bits per heavy atom. The lowest BCUT2D eigenvalue weighted by Gasteiger charge is -2.02. The van der Waals surface area contributed by atoms with Gasteiger partial charge in [-0.3, -0.25) is 0 Å². The van der Waals surface area contributed by atoms with Crippen LogP contribution in [0.3, 0.4) is 0 Å². The average molecular weight is 377 g/mol. The number of benzene rings is 2. The summed E-state index contributed by atoms with van der Waals surface area (Å²) in [5.41, 5.74) is 3.94.